The third kappa shape index (κ3) is 8.86. The van der Waals surface area contributed by atoms with E-state index in [0.717, 1.165) is 57.8 Å². The molecule has 2 atom stereocenters. The molecule has 0 amide bonds. The van der Waals surface area contributed by atoms with Crippen LogP contribution in [0.15, 0.2) is 29.3 Å². The highest BCUT2D eigenvalue weighted by Gasteiger charge is 2.22. The molecule has 0 bridgehead atoms. The Kier molecular flexibility index (Phi) is 11.6. The third-order valence-electron chi connectivity index (χ3n) is 6.16. The van der Waals surface area contributed by atoms with Gasteiger partial charge in [-0.1, -0.05) is 24.3 Å². The second-order valence-corrected chi connectivity index (χ2v) is 8.93. The average molecular weight is 545 g/mol. The van der Waals surface area contributed by atoms with Crippen LogP contribution in [0.3, 0.4) is 0 Å². The van der Waals surface area contributed by atoms with E-state index in [4.69, 9.17) is 9.47 Å². The first-order valence-corrected chi connectivity index (χ1v) is 11.5. The van der Waals surface area contributed by atoms with Crippen molar-refractivity contribution in [2.45, 2.75) is 58.4 Å². The van der Waals surface area contributed by atoms with E-state index in [1.807, 2.05) is 7.05 Å². The zero-order valence-electron chi connectivity index (χ0n) is 19.7. The fourth-order valence-corrected chi connectivity index (χ4v) is 4.52. The van der Waals surface area contributed by atoms with Crippen LogP contribution in [-0.2, 0) is 22.6 Å². The van der Waals surface area contributed by atoms with E-state index >= 15 is 0 Å². The molecule has 2 aliphatic rings. The van der Waals surface area contributed by atoms with Crippen molar-refractivity contribution in [3.05, 3.63) is 35.4 Å². The molecule has 7 heteroatoms. The van der Waals surface area contributed by atoms with Crippen molar-refractivity contribution in [2.75, 3.05) is 46.9 Å². The first-order chi connectivity index (χ1) is 14.5. The highest BCUT2D eigenvalue weighted by molar-refractivity contribution is 14.0. The molecule has 2 heterocycles. The van der Waals surface area contributed by atoms with Gasteiger partial charge in [0.2, 0.25) is 0 Å². The van der Waals surface area contributed by atoms with Gasteiger partial charge < -0.3 is 19.7 Å². The molecule has 176 valence electrons. The number of nitrogens with zero attached hydrogens (tertiary/aromatic N) is 3. The molecule has 2 unspecified atom stereocenters. The van der Waals surface area contributed by atoms with Crippen LogP contribution in [0.4, 0.5) is 0 Å². The number of aliphatic imine (C=N–C) groups is 1. The van der Waals surface area contributed by atoms with Crippen molar-refractivity contribution in [1.29, 1.82) is 0 Å². The highest BCUT2D eigenvalue weighted by Crippen LogP contribution is 2.18. The summed E-state index contributed by atoms with van der Waals surface area (Å²) in [7, 11) is 3.99. The maximum absolute atomic E-state index is 5.84. The molecular formula is C24H41IN4O2. The Morgan fingerprint density at radius 1 is 1.10 bits per heavy atom. The standard InChI is InChI=1S/C24H40N4O2.HI/c1-19-16-28(17-20(2)30-19)18-23-7-5-22(6-8-23)15-26-24(25-3)27(4)12-9-21-10-13-29-14-11-21;/h5-8,19-21H,9-18H2,1-4H3,(H,25,26);1H. The third-order valence-corrected chi connectivity index (χ3v) is 6.16. The first kappa shape index (κ1) is 26.4. The first-order valence-electron chi connectivity index (χ1n) is 11.5. The molecule has 0 radical (unpaired) electrons. The molecule has 0 spiro atoms. The fourth-order valence-electron chi connectivity index (χ4n) is 4.52. The predicted molar refractivity (Wildman–Crippen MR) is 138 cm³/mol. The maximum Gasteiger partial charge on any atom is 0.193 e. The van der Waals surface area contributed by atoms with E-state index in [1.54, 1.807) is 0 Å². The van der Waals surface area contributed by atoms with Gasteiger partial charge in [-0.15, -0.1) is 24.0 Å². The van der Waals surface area contributed by atoms with Crippen LogP contribution in [0.25, 0.3) is 0 Å². The Bertz CT molecular complexity index is 654. The lowest BCUT2D eigenvalue weighted by Gasteiger charge is -2.35. The molecule has 2 aliphatic heterocycles. The summed E-state index contributed by atoms with van der Waals surface area (Å²) >= 11 is 0. The second kappa shape index (κ2) is 13.6. The molecule has 1 aromatic rings. The summed E-state index contributed by atoms with van der Waals surface area (Å²) < 4.78 is 11.3. The predicted octanol–water partition coefficient (Wildman–Crippen LogP) is 3.74. The van der Waals surface area contributed by atoms with E-state index in [9.17, 15) is 0 Å². The van der Waals surface area contributed by atoms with Crippen molar-refractivity contribution in [2.24, 2.45) is 10.9 Å². The normalized spacial score (nSPS) is 23.3. The van der Waals surface area contributed by atoms with E-state index < -0.39 is 0 Å². The zero-order valence-corrected chi connectivity index (χ0v) is 22.0. The van der Waals surface area contributed by atoms with Gasteiger partial charge in [0.25, 0.3) is 0 Å². The van der Waals surface area contributed by atoms with Crippen molar-refractivity contribution in [3.8, 4) is 0 Å². The molecule has 2 saturated heterocycles. The van der Waals surface area contributed by atoms with Gasteiger partial charge in [-0.2, -0.15) is 0 Å². The topological polar surface area (TPSA) is 49.3 Å². The Morgan fingerprint density at radius 3 is 2.32 bits per heavy atom. The number of morpholine rings is 1. The quantitative estimate of drug-likeness (QED) is 0.322. The lowest BCUT2D eigenvalue weighted by molar-refractivity contribution is -0.0704. The number of halogens is 1. The zero-order chi connectivity index (χ0) is 21.3. The van der Waals surface area contributed by atoms with Crippen LogP contribution in [0.2, 0.25) is 0 Å². The SMILES string of the molecule is CN=C(NCc1ccc(CN2CC(C)OC(C)C2)cc1)N(C)CCC1CCOCC1.I. The number of guanidine groups is 1. The second-order valence-electron chi connectivity index (χ2n) is 8.93. The van der Waals surface area contributed by atoms with Crippen LogP contribution >= 0.6 is 24.0 Å². The molecule has 1 N–H and O–H groups in total. The lowest BCUT2D eigenvalue weighted by atomic mass is 9.96. The summed E-state index contributed by atoms with van der Waals surface area (Å²) in [5.41, 5.74) is 2.64. The molecule has 6 nitrogen and oxygen atoms in total. The number of nitrogens with one attached hydrogen (secondary N) is 1. The molecule has 2 fully saturated rings. The molecule has 1 aromatic carbocycles. The molecule has 31 heavy (non-hydrogen) atoms. The minimum Gasteiger partial charge on any atom is -0.381 e. The summed E-state index contributed by atoms with van der Waals surface area (Å²) in [6, 6.07) is 8.95. The van der Waals surface area contributed by atoms with Gasteiger partial charge in [0, 0.05) is 60.0 Å². The van der Waals surface area contributed by atoms with Crippen molar-refractivity contribution < 1.29 is 9.47 Å². The monoisotopic (exact) mass is 544 g/mol. The van der Waals surface area contributed by atoms with Gasteiger partial charge in [-0.3, -0.25) is 9.89 Å². The van der Waals surface area contributed by atoms with Crippen molar-refractivity contribution >= 4 is 29.9 Å². The van der Waals surface area contributed by atoms with Crippen LogP contribution in [0.5, 0.6) is 0 Å². The van der Waals surface area contributed by atoms with Gasteiger partial charge in [-0.05, 0) is 50.2 Å². The number of hydrogen-bond donors (Lipinski definition) is 1. The Labute approximate surface area is 205 Å². The van der Waals surface area contributed by atoms with Crippen LogP contribution in [-0.4, -0.2) is 74.9 Å². The van der Waals surface area contributed by atoms with Crippen molar-refractivity contribution in [3.63, 3.8) is 0 Å². The molecular weight excluding hydrogens is 503 g/mol. The average Bonchev–Trinajstić information content (AvgIpc) is 2.74. The van der Waals surface area contributed by atoms with Crippen LogP contribution in [0.1, 0.15) is 44.2 Å². The fraction of sp³-hybridized carbons (Fsp3) is 0.708. The highest BCUT2D eigenvalue weighted by atomic mass is 127. The Morgan fingerprint density at radius 2 is 1.71 bits per heavy atom. The van der Waals surface area contributed by atoms with E-state index in [2.05, 4.69) is 65.3 Å². The van der Waals surface area contributed by atoms with Gasteiger partial charge in [0.05, 0.1) is 12.2 Å². The Balaban J connectivity index is 0.00000341. The minimum atomic E-state index is 0. The lowest BCUT2D eigenvalue weighted by Crippen LogP contribution is -2.44. The molecule has 0 saturated carbocycles. The van der Waals surface area contributed by atoms with Crippen LogP contribution < -0.4 is 5.32 Å². The Hall–Kier alpha value is -0.900. The van der Waals surface area contributed by atoms with E-state index in [-0.39, 0.29) is 24.0 Å². The molecule has 0 aliphatic carbocycles. The summed E-state index contributed by atoms with van der Waals surface area (Å²) in [6.07, 6.45) is 4.21. The maximum atomic E-state index is 5.84. The number of ether oxygens (including phenoxy) is 2. The van der Waals surface area contributed by atoms with Gasteiger partial charge in [0.1, 0.15) is 0 Å². The van der Waals surface area contributed by atoms with Crippen molar-refractivity contribution in [1.82, 2.24) is 15.1 Å². The summed E-state index contributed by atoms with van der Waals surface area (Å²) in [5.74, 6) is 1.74. The number of benzene rings is 1. The number of rotatable bonds is 7. The van der Waals surface area contributed by atoms with E-state index in [1.165, 1.54) is 30.4 Å². The van der Waals surface area contributed by atoms with Gasteiger partial charge in [0.15, 0.2) is 5.96 Å². The van der Waals surface area contributed by atoms with E-state index in [0.29, 0.717) is 12.2 Å². The summed E-state index contributed by atoms with van der Waals surface area (Å²) in [6.45, 7) is 11.0. The van der Waals surface area contributed by atoms with Crippen LogP contribution in [0, 0.1) is 5.92 Å². The van der Waals surface area contributed by atoms with Gasteiger partial charge >= 0.3 is 0 Å². The number of hydrogen-bond acceptors (Lipinski definition) is 4. The smallest absolute Gasteiger partial charge is 0.193 e. The minimum absolute atomic E-state index is 0. The largest absolute Gasteiger partial charge is 0.381 e. The molecule has 3 rings (SSSR count). The summed E-state index contributed by atoms with van der Waals surface area (Å²) in [4.78, 5) is 9.19. The van der Waals surface area contributed by atoms with Gasteiger partial charge in [-0.25, -0.2) is 0 Å². The molecule has 0 aromatic heterocycles. The summed E-state index contributed by atoms with van der Waals surface area (Å²) in [5, 5.41) is 3.51.